The zero-order chi connectivity index (χ0) is 16.8. The van der Waals surface area contributed by atoms with Gasteiger partial charge in [-0.1, -0.05) is 58.4 Å². The van der Waals surface area contributed by atoms with E-state index in [1.807, 2.05) is 24.3 Å². The first-order valence-corrected chi connectivity index (χ1v) is 7.84. The summed E-state index contributed by atoms with van der Waals surface area (Å²) in [7, 11) is 0. The molecule has 2 aromatic carbocycles. The van der Waals surface area contributed by atoms with E-state index in [2.05, 4.69) is 21.2 Å². The Hall–Kier alpha value is -2.18. The van der Waals surface area contributed by atoms with E-state index >= 15 is 0 Å². The molecule has 0 aliphatic rings. The fourth-order valence-electron chi connectivity index (χ4n) is 2.16. The van der Waals surface area contributed by atoms with Gasteiger partial charge in [0.1, 0.15) is 6.04 Å². The normalized spacial score (nSPS) is 13.1. The highest BCUT2D eigenvalue weighted by molar-refractivity contribution is 9.10. The Morgan fingerprint density at radius 1 is 1.13 bits per heavy atom. The summed E-state index contributed by atoms with van der Waals surface area (Å²) in [5.41, 5.74) is 6.66. The molecule has 0 heterocycles. The number of halogens is 1. The summed E-state index contributed by atoms with van der Waals surface area (Å²) in [6.07, 6.45) is -1.09. The molecule has 5 nitrogen and oxygen atoms in total. The van der Waals surface area contributed by atoms with Crippen LogP contribution in [0, 0.1) is 0 Å². The molecular weight excluding hydrogens is 360 g/mol. The van der Waals surface area contributed by atoms with Crippen molar-refractivity contribution in [3.05, 3.63) is 70.2 Å². The van der Waals surface area contributed by atoms with E-state index in [1.54, 1.807) is 30.3 Å². The van der Waals surface area contributed by atoms with E-state index in [0.717, 1.165) is 10.0 Å². The SMILES string of the molecule is NC(=O)[C@@H](Cc1cccc(Br)c1)NC(=O)[C@@H](O)c1ccccc1. The second-order valence-corrected chi connectivity index (χ2v) is 6.03. The molecule has 4 N–H and O–H groups in total. The Labute approximate surface area is 142 Å². The first-order chi connectivity index (χ1) is 11.0. The van der Waals surface area contributed by atoms with Gasteiger partial charge in [0, 0.05) is 10.9 Å². The molecule has 0 bridgehead atoms. The minimum Gasteiger partial charge on any atom is -0.378 e. The van der Waals surface area contributed by atoms with Crippen molar-refractivity contribution in [1.82, 2.24) is 5.32 Å². The monoisotopic (exact) mass is 376 g/mol. The standard InChI is InChI=1S/C17H17BrN2O3/c18-13-8-4-5-11(9-13)10-14(16(19)22)20-17(23)15(21)12-6-2-1-3-7-12/h1-9,14-15,21H,10H2,(H2,19,22)(H,20,23)/t14-,15+/m1/s1. The van der Waals surface area contributed by atoms with Gasteiger partial charge < -0.3 is 16.2 Å². The molecule has 2 amide bonds. The third-order valence-corrected chi connectivity index (χ3v) is 3.85. The third kappa shape index (κ3) is 4.91. The van der Waals surface area contributed by atoms with Gasteiger partial charge in [-0.25, -0.2) is 0 Å². The van der Waals surface area contributed by atoms with Crippen molar-refractivity contribution in [2.75, 3.05) is 0 Å². The smallest absolute Gasteiger partial charge is 0.254 e. The van der Waals surface area contributed by atoms with Crippen LogP contribution in [0.5, 0.6) is 0 Å². The Bertz CT molecular complexity index is 691. The first-order valence-electron chi connectivity index (χ1n) is 7.04. The molecule has 0 unspecified atom stereocenters. The van der Waals surface area contributed by atoms with Crippen molar-refractivity contribution >= 4 is 27.7 Å². The van der Waals surface area contributed by atoms with Crippen molar-refractivity contribution in [3.8, 4) is 0 Å². The van der Waals surface area contributed by atoms with Crippen molar-refractivity contribution in [1.29, 1.82) is 0 Å². The molecule has 0 aromatic heterocycles. The average molecular weight is 377 g/mol. The molecule has 0 spiro atoms. The lowest BCUT2D eigenvalue weighted by molar-refractivity contribution is -0.133. The second-order valence-electron chi connectivity index (χ2n) is 5.11. The van der Waals surface area contributed by atoms with Crippen LogP contribution >= 0.6 is 15.9 Å². The van der Waals surface area contributed by atoms with Gasteiger partial charge in [0.05, 0.1) is 0 Å². The zero-order valence-electron chi connectivity index (χ0n) is 12.3. The minimum atomic E-state index is -1.35. The molecule has 0 aliphatic heterocycles. The van der Waals surface area contributed by atoms with Gasteiger partial charge in [-0.3, -0.25) is 9.59 Å². The van der Waals surface area contributed by atoms with Crippen molar-refractivity contribution < 1.29 is 14.7 Å². The number of amides is 2. The summed E-state index contributed by atoms with van der Waals surface area (Å²) >= 11 is 3.35. The fourth-order valence-corrected chi connectivity index (χ4v) is 2.61. The summed E-state index contributed by atoms with van der Waals surface area (Å²) in [6, 6.07) is 15.0. The quantitative estimate of drug-likeness (QED) is 0.716. The number of primary amides is 1. The maximum absolute atomic E-state index is 12.1. The number of rotatable bonds is 6. The molecule has 0 saturated carbocycles. The van der Waals surface area contributed by atoms with Crippen LogP contribution in [0.15, 0.2) is 59.1 Å². The number of benzene rings is 2. The van der Waals surface area contributed by atoms with Gasteiger partial charge in [-0.05, 0) is 23.3 Å². The molecule has 2 aromatic rings. The first kappa shape index (κ1) is 17.2. The highest BCUT2D eigenvalue weighted by Crippen LogP contribution is 2.15. The molecule has 120 valence electrons. The van der Waals surface area contributed by atoms with Crippen LogP contribution < -0.4 is 11.1 Å². The maximum atomic E-state index is 12.1. The van der Waals surface area contributed by atoms with E-state index in [4.69, 9.17) is 5.73 Å². The van der Waals surface area contributed by atoms with Crippen molar-refractivity contribution in [2.24, 2.45) is 5.73 Å². The Kier molecular flexibility index (Phi) is 5.90. The van der Waals surface area contributed by atoms with Gasteiger partial charge in [-0.2, -0.15) is 0 Å². The molecule has 6 heteroatoms. The Balaban J connectivity index is 2.07. The predicted octanol–water partition coefficient (Wildman–Crippen LogP) is 1.70. The topological polar surface area (TPSA) is 92.4 Å². The van der Waals surface area contributed by atoms with E-state index in [-0.39, 0.29) is 6.42 Å². The van der Waals surface area contributed by atoms with Gasteiger partial charge >= 0.3 is 0 Å². The molecule has 2 atom stereocenters. The van der Waals surface area contributed by atoms with Gasteiger partial charge in [0.25, 0.3) is 5.91 Å². The summed E-state index contributed by atoms with van der Waals surface area (Å²) in [6.45, 7) is 0. The molecule has 0 radical (unpaired) electrons. The largest absolute Gasteiger partial charge is 0.378 e. The van der Waals surface area contributed by atoms with Crippen LogP contribution in [0.1, 0.15) is 17.2 Å². The van der Waals surface area contributed by atoms with Crippen LogP contribution in [0.2, 0.25) is 0 Å². The fraction of sp³-hybridized carbons (Fsp3) is 0.176. The molecule has 2 rings (SSSR count). The average Bonchev–Trinajstić information content (AvgIpc) is 2.54. The summed E-state index contributed by atoms with van der Waals surface area (Å²) < 4.78 is 0.869. The number of nitrogens with two attached hydrogens (primary N) is 1. The summed E-state index contributed by atoms with van der Waals surface area (Å²) in [5, 5.41) is 12.6. The molecule has 0 fully saturated rings. The highest BCUT2D eigenvalue weighted by Gasteiger charge is 2.24. The predicted molar refractivity (Wildman–Crippen MR) is 90.4 cm³/mol. The molecule has 23 heavy (non-hydrogen) atoms. The van der Waals surface area contributed by atoms with Crippen LogP contribution in [0.3, 0.4) is 0 Å². The minimum absolute atomic E-state index is 0.252. The van der Waals surface area contributed by atoms with Crippen LogP contribution in [-0.2, 0) is 16.0 Å². The van der Waals surface area contributed by atoms with E-state index in [1.165, 1.54) is 0 Å². The van der Waals surface area contributed by atoms with E-state index in [9.17, 15) is 14.7 Å². The molecule has 0 aliphatic carbocycles. The van der Waals surface area contributed by atoms with Gasteiger partial charge in [0.2, 0.25) is 5.91 Å². The van der Waals surface area contributed by atoms with Gasteiger partial charge in [-0.15, -0.1) is 0 Å². The zero-order valence-corrected chi connectivity index (χ0v) is 13.9. The summed E-state index contributed by atoms with van der Waals surface area (Å²) in [4.78, 5) is 23.7. The van der Waals surface area contributed by atoms with Crippen LogP contribution in [-0.4, -0.2) is 23.0 Å². The maximum Gasteiger partial charge on any atom is 0.254 e. The molecular formula is C17H17BrN2O3. The second kappa shape index (κ2) is 7.89. The van der Waals surface area contributed by atoms with E-state index in [0.29, 0.717) is 5.56 Å². The number of hydrogen-bond donors (Lipinski definition) is 3. The third-order valence-electron chi connectivity index (χ3n) is 3.35. The Morgan fingerprint density at radius 2 is 1.83 bits per heavy atom. The number of aliphatic hydroxyl groups excluding tert-OH is 1. The van der Waals surface area contributed by atoms with Crippen molar-refractivity contribution in [3.63, 3.8) is 0 Å². The van der Waals surface area contributed by atoms with Crippen molar-refractivity contribution in [2.45, 2.75) is 18.6 Å². The number of hydrogen-bond acceptors (Lipinski definition) is 3. The lowest BCUT2D eigenvalue weighted by Gasteiger charge is -2.18. The number of carbonyl (C=O) groups is 2. The van der Waals surface area contributed by atoms with Crippen LogP contribution in [0.25, 0.3) is 0 Å². The van der Waals surface area contributed by atoms with Gasteiger partial charge in [0.15, 0.2) is 6.10 Å². The highest BCUT2D eigenvalue weighted by atomic mass is 79.9. The molecule has 0 saturated heterocycles. The number of aliphatic hydroxyl groups is 1. The lowest BCUT2D eigenvalue weighted by atomic mass is 10.0. The number of nitrogens with one attached hydrogen (secondary N) is 1. The van der Waals surface area contributed by atoms with E-state index < -0.39 is 24.0 Å². The number of carbonyl (C=O) groups excluding carboxylic acids is 2. The van der Waals surface area contributed by atoms with Crippen LogP contribution in [0.4, 0.5) is 0 Å². The lowest BCUT2D eigenvalue weighted by Crippen LogP contribution is -2.47. The summed E-state index contributed by atoms with van der Waals surface area (Å²) in [5.74, 6) is -1.31. The Morgan fingerprint density at radius 3 is 2.43 bits per heavy atom.